The number of hydrogen-bond acceptors (Lipinski definition) is 4. The molecule has 0 spiro atoms. The molecular weight excluding hydrogens is 312 g/mol. The van der Waals surface area contributed by atoms with Crippen LogP contribution in [0.1, 0.15) is 28.5 Å². The number of nitrogens with one attached hydrogen (secondary N) is 2. The van der Waals surface area contributed by atoms with Gasteiger partial charge in [0, 0.05) is 36.5 Å². The molecule has 1 amide bonds. The number of carbonyl (C=O) groups excluding carboxylic acids is 1. The SMILES string of the molecule is CCc1ccccc1Nc1ccnc(C(=O)NCc2ccncc2)c1. The minimum atomic E-state index is -0.204. The molecule has 2 N–H and O–H groups in total. The summed E-state index contributed by atoms with van der Waals surface area (Å²) in [7, 11) is 0. The van der Waals surface area contributed by atoms with E-state index in [1.165, 1.54) is 5.56 Å². The Morgan fingerprint density at radius 3 is 2.64 bits per heavy atom. The number of para-hydroxylation sites is 1. The van der Waals surface area contributed by atoms with E-state index in [0.717, 1.165) is 23.4 Å². The van der Waals surface area contributed by atoms with Crippen molar-refractivity contribution in [2.24, 2.45) is 0 Å². The number of benzene rings is 1. The van der Waals surface area contributed by atoms with E-state index in [4.69, 9.17) is 0 Å². The van der Waals surface area contributed by atoms with Crippen LogP contribution in [0.2, 0.25) is 0 Å². The lowest BCUT2D eigenvalue weighted by molar-refractivity contribution is 0.0946. The molecule has 5 heteroatoms. The van der Waals surface area contributed by atoms with Crippen LogP contribution in [0.15, 0.2) is 67.1 Å². The van der Waals surface area contributed by atoms with Crippen molar-refractivity contribution in [2.45, 2.75) is 19.9 Å². The largest absolute Gasteiger partial charge is 0.355 e. The highest BCUT2D eigenvalue weighted by atomic mass is 16.1. The lowest BCUT2D eigenvalue weighted by atomic mass is 10.1. The number of nitrogens with zero attached hydrogens (tertiary/aromatic N) is 2. The van der Waals surface area contributed by atoms with Crippen molar-refractivity contribution in [3.63, 3.8) is 0 Å². The van der Waals surface area contributed by atoms with Gasteiger partial charge in [-0.15, -0.1) is 0 Å². The van der Waals surface area contributed by atoms with Gasteiger partial charge in [0.15, 0.2) is 0 Å². The van der Waals surface area contributed by atoms with Crippen molar-refractivity contribution in [1.29, 1.82) is 0 Å². The summed E-state index contributed by atoms with van der Waals surface area (Å²) in [4.78, 5) is 20.5. The van der Waals surface area contributed by atoms with E-state index < -0.39 is 0 Å². The normalized spacial score (nSPS) is 10.3. The van der Waals surface area contributed by atoms with Crippen molar-refractivity contribution in [3.05, 3.63) is 83.9 Å². The molecule has 126 valence electrons. The lowest BCUT2D eigenvalue weighted by Crippen LogP contribution is -2.23. The Hall–Kier alpha value is -3.21. The molecule has 3 rings (SSSR count). The molecule has 2 aromatic heterocycles. The lowest BCUT2D eigenvalue weighted by Gasteiger charge is -2.11. The maximum absolute atomic E-state index is 12.3. The van der Waals surface area contributed by atoms with Crippen LogP contribution >= 0.6 is 0 Å². The first kappa shape index (κ1) is 16.6. The summed E-state index contributed by atoms with van der Waals surface area (Å²) >= 11 is 0. The first-order chi connectivity index (χ1) is 12.3. The molecule has 5 nitrogen and oxygen atoms in total. The van der Waals surface area contributed by atoms with Gasteiger partial charge in [-0.05, 0) is 47.9 Å². The second-order valence-corrected chi connectivity index (χ2v) is 5.60. The average molecular weight is 332 g/mol. The fraction of sp³-hybridized carbons (Fsp3) is 0.150. The molecule has 2 heterocycles. The van der Waals surface area contributed by atoms with Crippen molar-refractivity contribution in [2.75, 3.05) is 5.32 Å². The summed E-state index contributed by atoms with van der Waals surface area (Å²) < 4.78 is 0. The number of aromatic nitrogens is 2. The quantitative estimate of drug-likeness (QED) is 0.722. The Kier molecular flexibility index (Phi) is 5.36. The second-order valence-electron chi connectivity index (χ2n) is 5.60. The third kappa shape index (κ3) is 4.41. The first-order valence-corrected chi connectivity index (χ1v) is 8.24. The predicted octanol–water partition coefficient (Wildman–Crippen LogP) is 3.71. The number of carbonyl (C=O) groups is 1. The molecule has 0 unspecified atom stereocenters. The van der Waals surface area contributed by atoms with Crippen LogP contribution in [0.25, 0.3) is 0 Å². The summed E-state index contributed by atoms with van der Waals surface area (Å²) in [6, 6.07) is 15.5. The van der Waals surface area contributed by atoms with E-state index in [9.17, 15) is 4.79 Å². The maximum atomic E-state index is 12.3. The van der Waals surface area contributed by atoms with Gasteiger partial charge >= 0.3 is 0 Å². The molecule has 0 aliphatic rings. The Labute approximate surface area is 147 Å². The maximum Gasteiger partial charge on any atom is 0.270 e. The van der Waals surface area contributed by atoms with E-state index in [0.29, 0.717) is 12.2 Å². The Morgan fingerprint density at radius 2 is 1.84 bits per heavy atom. The smallest absolute Gasteiger partial charge is 0.270 e. The van der Waals surface area contributed by atoms with Crippen LogP contribution in [-0.2, 0) is 13.0 Å². The fourth-order valence-electron chi connectivity index (χ4n) is 2.51. The predicted molar refractivity (Wildman–Crippen MR) is 98.7 cm³/mol. The van der Waals surface area contributed by atoms with E-state index in [-0.39, 0.29) is 5.91 Å². The third-order valence-electron chi connectivity index (χ3n) is 3.87. The Bertz CT molecular complexity index is 849. The Morgan fingerprint density at radius 1 is 1.04 bits per heavy atom. The summed E-state index contributed by atoms with van der Waals surface area (Å²) in [6.45, 7) is 2.56. The summed E-state index contributed by atoms with van der Waals surface area (Å²) in [5, 5.41) is 6.24. The molecule has 0 fully saturated rings. The van der Waals surface area contributed by atoms with Crippen LogP contribution < -0.4 is 10.6 Å². The van der Waals surface area contributed by atoms with E-state index in [1.807, 2.05) is 36.4 Å². The van der Waals surface area contributed by atoms with Crippen LogP contribution in [0.5, 0.6) is 0 Å². The van der Waals surface area contributed by atoms with Crippen LogP contribution in [0.4, 0.5) is 11.4 Å². The van der Waals surface area contributed by atoms with Gasteiger partial charge in [0.1, 0.15) is 5.69 Å². The topological polar surface area (TPSA) is 66.9 Å². The number of amides is 1. The molecule has 0 saturated heterocycles. The van der Waals surface area contributed by atoms with Gasteiger partial charge in [-0.25, -0.2) is 0 Å². The van der Waals surface area contributed by atoms with Crippen molar-refractivity contribution in [1.82, 2.24) is 15.3 Å². The van der Waals surface area contributed by atoms with Crippen LogP contribution in [0, 0.1) is 0 Å². The zero-order valence-corrected chi connectivity index (χ0v) is 14.1. The molecule has 0 aliphatic heterocycles. The summed E-state index contributed by atoms with van der Waals surface area (Å²) in [5.41, 5.74) is 4.48. The van der Waals surface area contributed by atoms with E-state index in [2.05, 4.69) is 33.6 Å². The summed E-state index contributed by atoms with van der Waals surface area (Å²) in [6.07, 6.45) is 5.98. The van der Waals surface area contributed by atoms with Crippen LogP contribution in [-0.4, -0.2) is 15.9 Å². The summed E-state index contributed by atoms with van der Waals surface area (Å²) in [5.74, 6) is -0.204. The van der Waals surface area contributed by atoms with Crippen LogP contribution in [0.3, 0.4) is 0 Å². The zero-order valence-electron chi connectivity index (χ0n) is 14.1. The standard InChI is InChI=1S/C20H20N4O/c1-2-16-5-3-4-6-18(16)24-17-9-12-22-19(13-17)20(25)23-14-15-7-10-21-11-8-15/h3-13H,2,14H2,1H3,(H,22,24)(H,23,25). The number of pyridine rings is 2. The highest BCUT2D eigenvalue weighted by Crippen LogP contribution is 2.21. The van der Waals surface area contributed by atoms with Gasteiger partial charge in [-0.3, -0.25) is 14.8 Å². The van der Waals surface area contributed by atoms with Gasteiger partial charge in [-0.2, -0.15) is 0 Å². The molecule has 3 aromatic rings. The second kappa shape index (κ2) is 8.06. The van der Waals surface area contributed by atoms with Gasteiger partial charge in [0.2, 0.25) is 0 Å². The van der Waals surface area contributed by atoms with E-state index in [1.54, 1.807) is 24.7 Å². The molecule has 0 aliphatic carbocycles. The number of rotatable bonds is 6. The minimum Gasteiger partial charge on any atom is -0.355 e. The van der Waals surface area contributed by atoms with Gasteiger partial charge in [0.25, 0.3) is 5.91 Å². The van der Waals surface area contributed by atoms with Gasteiger partial charge in [0.05, 0.1) is 0 Å². The molecule has 25 heavy (non-hydrogen) atoms. The minimum absolute atomic E-state index is 0.204. The monoisotopic (exact) mass is 332 g/mol. The van der Waals surface area contributed by atoms with Crippen molar-refractivity contribution in [3.8, 4) is 0 Å². The Balaban J connectivity index is 1.69. The van der Waals surface area contributed by atoms with Crippen molar-refractivity contribution < 1.29 is 4.79 Å². The number of anilines is 2. The number of aryl methyl sites for hydroxylation is 1. The van der Waals surface area contributed by atoms with Crippen molar-refractivity contribution >= 4 is 17.3 Å². The van der Waals surface area contributed by atoms with Gasteiger partial charge < -0.3 is 10.6 Å². The molecular formula is C20H20N4O. The average Bonchev–Trinajstić information content (AvgIpc) is 2.67. The highest BCUT2D eigenvalue weighted by Gasteiger charge is 2.08. The molecule has 0 radical (unpaired) electrons. The zero-order chi connectivity index (χ0) is 17.5. The number of hydrogen-bond donors (Lipinski definition) is 2. The third-order valence-corrected chi connectivity index (χ3v) is 3.87. The van der Waals surface area contributed by atoms with Gasteiger partial charge in [-0.1, -0.05) is 25.1 Å². The fourth-order valence-corrected chi connectivity index (χ4v) is 2.51. The highest BCUT2D eigenvalue weighted by molar-refractivity contribution is 5.93. The molecule has 0 atom stereocenters. The first-order valence-electron chi connectivity index (χ1n) is 8.24. The molecule has 0 saturated carbocycles. The van der Waals surface area contributed by atoms with E-state index >= 15 is 0 Å². The molecule has 0 bridgehead atoms. The molecule has 1 aromatic carbocycles.